The van der Waals surface area contributed by atoms with E-state index in [0.717, 1.165) is 17.7 Å². The highest BCUT2D eigenvalue weighted by atomic mass is 16.3. The highest BCUT2D eigenvalue weighted by Gasteiger charge is 2.53. The molecule has 1 fully saturated rings. The van der Waals surface area contributed by atoms with Gasteiger partial charge in [0.15, 0.2) is 0 Å². The zero-order valence-electron chi connectivity index (χ0n) is 13.7. The number of fused-ring (bicyclic) bond motifs is 1. The van der Waals surface area contributed by atoms with Gasteiger partial charge in [-0.3, -0.25) is 9.69 Å². The van der Waals surface area contributed by atoms with Gasteiger partial charge >= 0.3 is 6.03 Å². The number of rotatable bonds is 2. The van der Waals surface area contributed by atoms with Gasteiger partial charge in [0.2, 0.25) is 0 Å². The van der Waals surface area contributed by atoms with E-state index in [0.29, 0.717) is 30.0 Å². The van der Waals surface area contributed by atoms with Crippen LogP contribution in [-0.2, 0) is 10.5 Å². The Kier molecular flexibility index (Phi) is 3.69. The summed E-state index contributed by atoms with van der Waals surface area (Å²) >= 11 is 0. The van der Waals surface area contributed by atoms with Crippen LogP contribution in [0.25, 0.3) is 0 Å². The van der Waals surface area contributed by atoms with Crippen LogP contribution in [0.1, 0.15) is 18.4 Å². The molecule has 0 bridgehead atoms. The van der Waals surface area contributed by atoms with E-state index in [4.69, 9.17) is 0 Å². The van der Waals surface area contributed by atoms with Gasteiger partial charge in [-0.2, -0.15) is 0 Å². The molecule has 2 N–H and O–H groups in total. The number of benzene rings is 2. The molecule has 0 radical (unpaired) electrons. The molecule has 1 atom stereocenters. The average molecular weight is 337 g/mol. The second-order valence-corrected chi connectivity index (χ2v) is 6.32. The normalized spacial score (nSPS) is 22.5. The number of amides is 3. The molecular formula is C19H19N3O3. The van der Waals surface area contributed by atoms with Crippen LogP contribution in [-0.4, -0.2) is 35.0 Å². The number of anilines is 2. The van der Waals surface area contributed by atoms with E-state index in [1.54, 1.807) is 53.4 Å². The van der Waals surface area contributed by atoms with Crippen LogP contribution in [0.4, 0.5) is 16.2 Å². The van der Waals surface area contributed by atoms with Gasteiger partial charge in [0, 0.05) is 24.3 Å². The number of aliphatic hydroxyl groups is 1. The molecule has 6 nitrogen and oxygen atoms in total. The van der Waals surface area contributed by atoms with Crippen molar-refractivity contribution in [2.75, 3.05) is 23.3 Å². The molecule has 128 valence electrons. The van der Waals surface area contributed by atoms with Gasteiger partial charge in [-0.05, 0) is 31.0 Å². The highest BCUT2D eigenvalue weighted by molar-refractivity contribution is 6.11. The first kappa shape index (κ1) is 15.7. The largest absolute Gasteiger partial charge is 0.359 e. The Labute approximate surface area is 145 Å². The predicted molar refractivity (Wildman–Crippen MR) is 94.1 cm³/mol. The van der Waals surface area contributed by atoms with Crippen molar-refractivity contribution in [3.05, 3.63) is 60.2 Å². The summed E-state index contributed by atoms with van der Waals surface area (Å²) in [4.78, 5) is 28.8. The summed E-state index contributed by atoms with van der Waals surface area (Å²) in [6.07, 6.45) is 1.81. The Hall–Kier alpha value is -2.86. The number of hydrogen-bond donors (Lipinski definition) is 2. The van der Waals surface area contributed by atoms with E-state index in [2.05, 4.69) is 5.32 Å². The Morgan fingerprint density at radius 1 is 1.00 bits per heavy atom. The average Bonchev–Trinajstić information content (AvgIpc) is 3.16. The van der Waals surface area contributed by atoms with Crippen LogP contribution in [0, 0.1) is 0 Å². The minimum absolute atomic E-state index is 0.385. The lowest BCUT2D eigenvalue weighted by atomic mass is 9.94. The minimum Gasteiger partial charge on any atom is -0.359 e. The number of para-hydroxylation sites is 2. The molecule has 2 aliphatic heterocycles. The van der Waals surface area contributed by atoms with Crippen molar-refractivity contribution in [3.8, 4) is 0 Å². The van der Waals surface area contributed by atoms with Crippen LogP contribution < -0.4 is 10.2 Å². The van der Waals surface area contributed by atoms with E-state index in [9.17, 15) is 14.7 Å². The molecule has 1 unspecified atom stereocenters. The van der Waals surface area contributed by atoms with Crippen LogP contribution in [0.2, 0.25) is 0 Å². The van der Waals surface area contributed by atoms with Crippen LogP contribution >= 0.6 is 0 Å². The third-order valence-electron chi connectivity index (χ3n) is 4.78. The first-order chi connectivity index (χ1) is 12.1. The van der Waals surface area contributed by atoms with Gasteiger partial charge < -0.3 is 15.3 Å². The number of nitrogens with zero attached hydrogens (tertiary/aromatic N) is 2. The molecule has 3 amide bonds. The van der Waals surface area contributed by atoms with Crippen molar-refractivity contribution in [2.24, 2.45) is 0 Å². The van der Waals surface area contributed by atoms with E-state index in [1.165, 1.54) is 0 Å². The van der Waals surface area contributed by atoms with E-state index in [-0.39, 0.29) is 0 Å². The van der Waals surface area contributed by atoms with Gasteiger partial charge in [-0.25, -0.2) is 4.79 Å². The third kappa shape index (κ3) is 2.37. The molecule has 6 heteroatoms. The molecule has 1 saturated heterocycles. The van der Waals surface area contributed by atoms with Crippen molar-refractivity contribution in [2.45, 2.75) is 18.6 Å². The Balaban J connectivity index is 1.90. The topological polar surface area (TPSA) is 72.9 Å². The molecule has 0 aliphatic carbocycles. The van der Waals surface area contributed by atoms with Gasteiger partial charge in [0.25, 0.3) is 11.6 Å². The summed E-state index contributed by atoms with van der Waals surface area (Å²) in [5, 5.41) is 14.4. The van der Waals surface area contributed by atoms with E-state index < -0.39 is 17.7 Å². The first-order valence-corrected chi connectivity index (χ1v) is 8.40. The molecule has 2 heterocycles. The molecule has 2 aromatic rings. The van der Waals surface area contributed by atoms with Gasteiger partial charge in [0.1, 0.15) is 0 Å². The highest BCUT2D eigenvalue weighted by Crippen LogP contribution is 2.41. The van der Waals surface area contributed by atoms with Crippen molar-refractivity contribution in [1.29, 1.82) is 0 Å². The summed E-state index contributed by atoms with van der Waals surface area (Å²) in [7, 11) is 0. The molecule has 0 aromatic heterocycles. The zero-order valence-corrected chi connectivity index (χ0v) is 13.7. The quantitative estimate of drug-likeness (QED) is 0.884. The van der Waals surface area contributed by atoms with Crippen molar-refractivity contribution in [3.63, 3.8) is 0 Å². The second-order valence-electron chi connectivity index (χ2n) is 6.32. The number of urea groups is 1. The molecule has 2 aromatic carbocycles. The summed E-state index contributed by atoms with van der Waals surface area (Å²) in [5.74, 6) is -0.462. The van der Waals surface area contributed by atoms with Gasteiger partial charge in [-0.15, -0.1) is 0 Å². The maximum absolute atomic E-state index is 13.3. The lowest BCUT2D eigenvalue weighted by molar-refractivity contribution is -0.150. The minimum atomic E-state index is -2.06. The number of nitrogens with one attached hydrogen (secondary N) is 1. The Bertz CT molecular complexity index is 818. The summed E-state index contributed by atoms with van der Waals surface area (Å²) in [5.41, 5.74) is -0.764. The fourth-order valence-electron chi connectivity index (χ4n) is 3.57. The Morgan fingerprint density at radius 2 is 1.64 bits per heavy atom. The number of carbonyl (C=O) groups excluding carboxylic acids is 2. The van der Waals surface area contributed by atoms with Crippen molar-refractivity contribution >= 4 is 23.3 Å². The lowest BCUT2D eigenvalue weighted by Crippen LogP contribution is -2.62. The maximum atomic E-state index is 13.3. The van der Waals surface area contributed by atoms with E-state index >= 15 is 0 Å². The third-order valence-corrected chi connectivity index (χ3v) is 4.78. The second kappa shape index (κ2) is 5.89. The fourth-order valence-corrected chi connectivity index (χ4v) is 3.57. The Morgan fingerprint density at radius 3 is 2.36 bits per heavy atom. The standard InChI is InChI=1S/C19H19N3O3/c23-17(21-12-6-7-13-21)19(25)15-10-4-5-11-16(15)20-18(24)22(19)14-8-2-1-3-9-14/h1-5,8-11,25H,6-7,12-13H2,(H,20,24). The van der Waals surface area contributed by atoms with Crippen LogP contribution in [0.3, 0.4) is 0 Å². The summed E-state index contributed by atoms with van der Waals surface area (Å²) in [6.45, 7) is 1.18. The zero-order chi connectivity index (χ0) is 17.4. The molecule has 2 aliphatic rings. The molecule has 0 saturated carbocycles. The predicted octanol–water partition coefficient (Wildman–Crippen LogP) is 2.51. The number of carbonyl (C=O) groups is 2. The summed E-state index contributed by atoms with van der Waals surface area (Å²) in [6, 6.07) is 15.1. The smallest absolute Gasteiger partial charge is 0.329 e. The lowest BCUT2D eigenvalue weighted by Gasteiger charge is -2.44. The number of likely N-dealkylation sites (tertiary alicyclic amines) is 1. The SMILES string of the molecule is O=C1Nc2ccccc2C(O)(C(=O)N2CCCC2)N1c1ccccc1. The van der Waals surface area contributed by atoms with Crippen LogP contribution in [0.15, 0.2) is 54.6 Å². The van der Waals surface area contributed by atoms with Crippen LogP contribution in [0.5, 0.6) is 0 Å². The monoisotopic (exact) mass is 337 g/mol. The molecule has 0 spiro atoms. The van der Waals surface area contributed by atoms with E-state index in [1.807, 2.05) is 6.07 Å². The molecular weight excluding hydrogens is 318 g/mol. The van der Waals surface area contributed by atoms with Crippen molar-refractivity contribution < 1.29 is 14.7 Å². The first-order valence-electron chi connectivity index (χ1n) is 8.40. The van der Waals surface area contributed by atoms with Gasteiger partial charge in [0.05, 0.1) is 5.69 Å². The molecule has 25 heavy (non-hydrogen) atoms. The summed E-state index contributed by atoms with van der Waals surface area (Å²) < 4.78 is 0. The molecule has 4 rings (SSSR count). The van der Waals surface area contributed by atoms with Gasteiger partial charge in [-0.1, -0.05) is 36.4 Å². The maximum Gasteiger partial charge on any atom is 0.329 e. The van der Waals surface area contributed by atoms with Crippen molar-refractivity contribution in [1.82, 2.24) is 4.90 Å². The number of hydrogen-bond acceptors (Lipinski definition) is 3. The fraction of sp³-hybridized carbons (Fsp3) is 0.263.